The van der Waals surface area contributed by atoms with Crippen LogP contribution >= 0.6 is 0 Å². The molecule has 116 valence electrons. The first-order valence-electron chi connectivity index (χ1n) is 7.26. The van der Waals surface area contributed by atoms with E-state index < -0.39 is 10.1 Å². The van der Waals surface area contributed by atoms with Gasteiger partial charge in [-0.3, -0.25) is 4.18 Å². The molecular formula is C17H19NO3S. The second kappa shape index (κ2) is 6.20. The average Bonchev–Trinajstić information content (AvgIpc) is 2.50. The summed E-state index contributed by atoms with van der Waals surface area (Å²) in [5.74, 6) is 0.0582. The van der Waals surface area contributed by atoms with Gasteiger partial charge in [-0.2, -0.15) is 8.42 Å². The highest BCUT2D eigenvalue weighted by Gasteiger charge is 2.40. The lowest BCUT2D eigenvalue weighted by Gasteiger charge is -2.42. The van der Waals surface area contributed by atoms with Crippen LogP contribution in [0.1, 0.15) is 17.0 Å². The van der Waals surface area contributed by atoms with Gasteiger partial charge < -0.3 is 5.32 Å². The average molecular weight is 317 g/mol. The Hall–Kier alpha value is -1.69. The Bertz CT molecular complexity index is 677. The first-order valence-corrected chi connectivity index (χ1v) is 9.08. The summed E-state index contributed by atoms with van der Waals surface area (Å²) in [5.41, 5.74) is 2.29. The van der Waals surface area contributed by atoms with Crippen LogP contribution in [-0.2, 0) is 14.3 Å². The molecular weight excluding hydrogens is 298 g/mol. The minimum Gasteiger partial charge on any atom is -0.308 e. The predicted molar refractivity (Wildman–Crippen MR) is 86.2 cm³/mol. The second-order valence-corrected chi connectivity index (χ2v) is 7.17. The molecule has 2 atom stereocenters. The van der Waals surface area contributed by atoms with Crippen LogP contribution in [0.2, 0.25) is 0 Å². The Kier molecular flexibility index (Phi) is 4.29. The molecule has 0 radical (unpaired) electrons. The lowest BCUT2D eigenvalue weighted by Crippen LogP contribution is -2.61. The largest absolute Gasteiger partial charge is 0.308 e. The molecule has 2 unspecified atom stereocenters. The normalized spacial score (nSPS) is 21.5. The Morgan fingerprint density at radius 2 is 1.50 bits per heavy atom. The molecule has 1 N–H and O–H groups in total. The number of hydrogen-bond acceptors (Lipinski definition) is 4. The molecule has 1 fully saturated rings. The van der Waals surface area contributed by atoms with Gasteiger partial charge >= 0.3 is 0 Å². The molecule has 0 amide bonds. The van der Waals surface area contributed by atoms with Crippen LogP contribution in [0.5, 0.6) is 0 Å². The molecule has 1 saturated heterocycles. The van der Waals surface area contributed by atoms with Crippen molar-refractivity contribution in [2.24, 2.45) is 0 Å². The first-order chi connectivity index (χ1) is 10.5. The Morgan fingerprint density at radius 3 is 1.86 bits per heavy atom. The quantitative estimate of drug-likeness (QED) is 0.859. The van der Waals surface area contributed by atoms with Crippen molar-refractivity contribution in [3.8, 4) is 0 Å². The zero-order valence-corrected chi connectivity index (χ0v) is 13.2. The van der Waals surface area contributed by atoms with Crippen molar-refractivity contribution in [2.45, 2.75) is 18.1 Å². The molecule has 0 saturated carbocycles. The van der Waals surface area contributed by atoms with Crippen LogP contribution in [0, 0.1) is 0 Å². The SMILES string of the molecule is CS(=O)(=O)OC1CNC1C(c1ccccc1)c1ccccc1. The zero-order chi connectivity index (χ0) is 15.6. The van der Waals surface area contributed by atoms with Crippen LogP contribution in [0.3, 0.4) is 0 Å². The number of hydrogen-bond donors (Lipinski definition) is 1. The third-order valence-electron chi connectivity index (χ3n) is 3.93. The van der Waals surface area contributed by atoms with E-state index in [9.17, 15) is 8.42 Å². The van der Waals surface area contributed by atoms with E-state index in [0.717, 1.165) is 17.4 Å². The van der Waals surface area contributed by atoms with Crippen LogP contribution < -0.4 is 5.32 Å². The maximum absolute atomic E-state index is 11.4. The van der Waals surface area contributed by atoms with Gasteiger partial charge in [-0.25, -0.2) is 0 Å². The molecule has 2 aromatic rings. The van der Waals surface area contributed by atoms with E-state index in [1.807, 2.05) is 36.4 Å². The summed E-state index contributed by atoms with van der Waals surface area (Å²) in [4.78, 5) is 0. The third-order valence-corrected chi connectivity index (χ3v) is 4.53. The fourth-order valence-electron chi connectivity index (χ4n) is 2.93. The molecule has 2 aromatic carbocycles. The van der Waals surface area contributed by atoms with Crippen LogP contribution in [0.25, 0.3) is 0 Å². The maximum atomic E-state index is 11.4. The van der Waals surface area contributed by atoms with Gasteiger partial charge in [0.2, 0.25) is 0 Å². The minimum absolute atomic E-state index is 0.0560. The van der Waals surface area contributed by atoms with Gasteiger partial charge in [-0.15, -0.1) is 0 Å². The number of nitrogens with one attached hydrogen (secondary N) is 1. The lowest BCUT2D eigenvalue weighted by molar-refractivity contribution is 0.0828. The molecule has 0 bridgehead atoms. The van der Waals surface area contributed by atoms with Crippen LogP contribution in [0.15, 0.2) is 60.7 Å². The van der Waals surface area contributed by atoms with Crippen molar-refractivity contribution in [3.05, 3.63) is 71.8 Å². The molecule has 3 rings (SSSR count). The lowest BCUT2D eigenvalue weighted by atomic mass is 9.79. The molecule has 0 aliphatic carbocycles. The number of benzene rings is 2. The van der Waals surface area contributed by atoms with Crippen molar-refractivity contribution in [1.82, 2.24) is 5.32 Å². The zero-order valence-electron chi connectivity index (χ0n) is 12.3. The third kappa shape index (κ3) is 3.38. The number of rotatable bonds is 5. The Balaban J connectivity index is 1.93. The molecule has 1 aliphatic heterocycles. The van der Waals surface area contributed by atoms with E-state index in [0.29, 0.717) is 6.54 Å². The summed E-state index contributed by atoms with van der Waals surface area (Å²) < 4.78 is 28.1. The van der Waals surface area contributed by atoms with Crippen LogP contribution in [-0.4, -0.2) is 33.4 Å². The standard InChI is InChI=1S/C17H19NO3S/c1-22(19,20)21-15-12-18-17(15)16(13-8-4-2-5-9-13)14-10-6-3-7-11-14/h2-11,15-18H,12H2,1H3. The maximum Gasteiger partial charge on any atom is 0.264 e. The summed E-state index contributed by atoms with van der Waals surface area (Å²) in [6, 6.07) is 20.1. The van der Waals surface area contributed by atoms with Gasteiger partial charge in [-0.1, -0.05) is 60.7 Å². The molecule has 4 nitrogen and oxygen atoms in total. The fraction of sp³-hybridized carbons (Fsp3) is 0.294. The van der Waals surface area contributed by atoms with E-state index >= 15 is 0 Å². The topological polar surface area (TPSA) is 55.4 Å². The van der Waals surface area contributed by atoms with Gasteiger partial charge in [-0.05, 0) is 11.1 Å². The van der Waals surface area contributed by atoms with Crippen LogP contribution in [0.4, 0.5) is 0 Å². The highest BCUT2D eigenvalue weighted by atomic mass is 32.2. The highest BCUT2D eigenvalue weighted by Crippen LogP contribution is 2.33. The molecule has 1 aliphatic rings. The molecule has 1 heterocycles. The predicted octanol–water partition coefficient (Wildman–Crippen LogP) is 2.14. The molecule has 0 aromatic heterocycles. The van der Waals surface area contributed by atoms with Crippen molar-refractivity contribution < 1.29 is 12.6 Å². The Morgan fingerprint density at radius 1 is 1.00 bits per heavy atom. The van der Waals surface area contributed by atoms with Crippen molar-refractivity contribution in [3.63, 3.8) is 0 Å². The smallest absolute Gasteiger partial charge is 0.264 e. The minimum atomic E-state index is -3.46. The van der Waals surface area contributed by atoms with E-state index in [-0.39, 0.29) is 18.1 Å². The summed E-state index contributed by atoms with van der Waals surface area (Å²) in [6.45, 7) is 0.550. The highest BCUT2D eigenvalue weighted by molar-refractivity contribution is 7.86. The van der Waals surface area contributed by atoms with E-state index in [1.54, 1.807) is 0 Å². The van der Waals surface area contributed by atoms with Crippen molar-refractivity contribution >= 4 is 10.1 Å². The summed E-state index contributed by atoms with van der Waals surface area (Å²) in [7, 11) is -3.46. The Labute approximate surface area is 131 Å². The van der Waals surface area contributed by atoms with Gasteiger partial charge in [0.25, 0.3) is 10.1 Å². The first kappa shape index (κ1) is 15.2. The van der Waals surface area contributed by atoms with Gasteiger partial charge in [0, 0.05) is 18.5 Å². The summed E-state index contributed by atoms with van der Waals surface area (Å²) in [6.07, 6.45) is 0.767. The summed E-state index contributed by atoms with van der Waals surface area (Å²) >= 11 is 0. The van der Waals surface area contributed by atoms with Gasteiger partial charge in [0.1, 0.15) is 6.10 Å². The van der Waals surface area contributed by atoms with Gasteiger partial charge in [0.15, 0.2) is 0 Å². The summed E-state index contributed by atoms with van der Waals surface area (Å²) in [5, 5.41) is 3.33. The fourth-order valence-corrected chi connectivity index (χ4v) is 3.57. The van der Waals surface area contributed by atoms with E-state index in [1.165, 1.54) is 0 Å². The van der Waals surface area contributed by atoms with E-state index in [4.69, 9.17) is 4.18 Å². The monoisotopic (exact) mass is 317 g/mol. The molecule has 5 heteroatoms. The van der Waals surface area contributed by atoms with Crippen molar-refractivity contribution in [1.29, 1.82) is 0 Å². The van der Waals surface area contributed by atoms with Crippen molar-refractivity contribution in [2.75, 3.05) is 12.8 Å². The molecule has 0 spiro atoms. The molecule has 22 heavy (non-hydrogen) atoms. The van der Waals surface area contributed by atoms with Gasteiger partial charge in [0.05, 0.1) is 6.26 Å². The van der Waals surface area contributed by atoms with E-state index in [2.05, 4.69) is 29.6 Å². The second-order valence-electron chi connectivity index (χ2n) is 5.57.